The Morgan fingerprint density at radius 1 is 1.45 bits per heavy atom. The van der Waals surface area contributed by atoms with Gasteiger partial charge in [-0.15, -0.1) is 5.10 Å². The number of aromatic nitrogens is 4. The smallest absolute Gasteiger partial charge is 0.131 e. The van der Waals surface area contributed by atoms with E-state index in [0.29, 0.717) is 11.4 Å². The monoisotopic (exact) mass is 145 g/mol. The maximum Gasteiger partial charge on any atom is 0.131 e. The molecule has 0 aliphatic carbocycles. The molecule has 0 amide bonds. The summed E-state index contributed by atoms with van der Waals surface area (Å²) in [6.45, 7) is 0. The molecule has 1 radical (unpaired) electrons. The average molecular weight is 145 g/mol. The van der Waals surface area contributed by atoms with E-state index in [-0.39, 0.29) is 0 Å². The minimum Gasteiger partial charge on any atom is -0.265 e. The van der Waals surface area contributed by atoms with Gasteiger partial charge in [-0.25, -0.2) is 0 Å². The topological polar surface area (TPSA) is 54.5 Å². The molecule has 4 nitrogen and oxygen atoms in total. The standard InChI is InChI=1S/C7H5N4/c1-2-4-8-6(3-1)7-5-9-11-10-7/h1-2,4-5H,(H,9,10,11). The van der Waals surface area contributed by atoms with Crippen LogP contribution in [0.25, 0.3) is 11.4 Å². The summed E-state index contributed by atoms with van der Waals surface area (Å²) in [4.78, 5) is 4.04. The highest BCUT2D eigenvalue weighted by molar-refractivity contribution is 5.50. The molecule has 0 saturated carbocycles. The van der Waals surface area contributed by atoms with E-state index in [1.54, 1.807) is 18.5 Å². The van der Waals surface area contributed by atoms with E-state index in [9.17, 15) is 0 Å². The van der Waals surface area contributed by atoms with Crippen LogP contribution in [0.4, 0.5) is 0 Å². The first-order chi connectivity index (χ1) is 5.47. The second-order valence-corrected chi connectivity index (χ2v) is 1.99. The first-order valence-electron chi connectivity index (χ1n) is 3.16. The first-order valence-corrected chi connectivity index (χ1v) is 3.16. The van der Waals surface area contributed by atoms with Crippen LogP contribution in [-0.2, 0) is 0 Å². The molecule has 11 heavy (non-hydrogen) atoms. The van der Waals surface area contributed by atoms with Crippen LogP contribution in [0.1, 0.15) is 0 Å². The molecule has 0 bridgehead atoms. The zero-order chi connectivity index (χ0) is 7.52. The number of pyridine rings is 1. The molecule has 0 unspecified atom stereocenters. The molecule has 0 aliphatic heterocycles. The van der Waals surface area contributed by atoms with Gasteiger partial charge in [-0.1, -0.05) is 11.3 Å². The molecule has 1 N–H and O–H groups in total. The Morgan fingerprint density at radius 3 is 3.09 bits per heavy atom. The Morgan fingerprint density at radius 2 is 2.45 bits per heavy atom. The van der Waals surface area contributed by atoms with Gasteiger partial charge in [-0.05, 0) is 6.07 Å². The fourth-order valence-corrected chi connectivity index (χ4v) is 0.782. The lowest BCUT2D eigenvalue weighted by atomic mass is 10.3. The van der Waals surface area contributed by atoms with Crippen LogP contribution in [0.3, 0.4) is 0 Å². The number of H-pyrrole nitrogens is 1. The molecule has 0 atom stereocenters. The lowest BCUT2D eigenvalue weighted by molar-refractivity contribution is 0.940. The van der Waals surface area contributed by atoms with Gasteiger partial charge in [0, 0.05) is 12.3 Å². The second kappa shape index (κ2) is 2.49. The molecular formula is C7H5N4. The lowest BCUT2D eigenvalue weighted by Crippen LogP contribution is -1.81. The maximum atomic E-state index is 4.04. The molecule has 2 aromatic rings. The van der Waals surface area contributed by atoms with E-state index in [1.165, 1.54) is 0 Å². The van der Waals surface area contributed by atoms with E-state index in [1.807, 2.05) is 6.07 Å². The number of aromatic amines is 1. The van der Waals surface area contributed by atoms with Crippen LogP contribution in [0.15, 0.2) is 24.5 Å². The number of rotatable bonds is 1. The van der Waals surface area contributed by atoms with E-state index in [2.05, 4.69) is 26.5 Å². The maximum absolute atomic E-state index is 4.04. The quantitative estimate of drug-likeness (QED) is 0.641. The van der Waals surface area contributed by atoms with Crippen molar-refractivity contribution in [2.24, 2.45) is 0 Å². The molecule has 53 valence electrons. The highest BCUT2D eigenvalue weighted by Crippen LogP contribution is 2.08. The van der Waals surface area contributed by atoms with E-state index in [0.717, 1.165) is 0 Å². The van der Waals surface area contributed by atoms with Crippen molar-refractivity contribution in [2.45, 2.75) is 0 Å². The Balaban J connectivity index is 2.46. The fourth-order valence-electron chi connectivity index (χ4n) is 0.782. The Labute approximate surface area is 63.3 Å². The Hall–Kier alpha value is -1.71. The van der Waals surface area contributed by atoms with Crippen molar-refractivity contribution < 1.29 is 0 Å². The Bertz CT molecular complexity index is 313. The van der Waals surface area contributed by atoms with Gasteiger partial charge >= 0.3 is 0 Å². The summed E-state index contributed by atoms with van der Waals surface area (Å²) in [5.74, 6) is 0. The van der Waals surface area contributed by atoms with Gasteiger partial charge in [0.1, 0.15) is 11.4 Å². The average Bonchev–Trinajstić information content (AvgIpc) is 2.58. The zero-order valence-electron chi connectivity index (χ0n) is 5.65. The van der Waals surface area contributed by atoms with Gasteiger partial charge in [-0.3, -0.25) is 10.1 Å². The van der Waals surface area contributed by atoms with Gasteiger partial charge < -0.3 is 0 Å². The van der Waals surface area contributed by atoms with Crippen LogP contribution in [-0.4, -0.2) is 20.4 Å². The number of nitrogens with one attached hydrogen (secondary N) is 1. The van der Waals surface area contributed by atoms with Crippen LogP contribution in [0.2, 0.25) is 0 Å². The van der Waals surface area contributed by atoms with Crippen LogP contribution >= 0.6 is 0 Å². The summed E-state index contributed by atoms with van der Waals surface area (Å²) in [5, 5.41) is 9.96. The molecule has 2 rings (SSSR count). The summed E-state index contributed by atoms with van der Waals surface area (Å²) >= 11 is 0. The predicted molar refractivity (Wildman–Crippen MR) is 38.4 cm³/mol. The predicted octanol–water partition coefficient (Wildman–Crippen LogP) is 0.667. The van der Waals surface area contributed by atoms with Gasteiger partial charge in [0.05, 0.1) is 6.20 Å². The lowest BCUT2D eigenvalue weighted by Gasteiger charge is -1.89. The van der Waals surface area contributed by atoms with Gasteiger partial charge in [-0.2, -0.15) is 0 Å². The van der Waals surface area contributed by atoms with Gasteiger partial charge in [0.2, 0.25) is 0 Å². The van der Waals surface area contributed by atoms with Crippen molar-refractivity contribution in [3.63, 3.8) is 0 Å². The van der Waals surface area contributed by atoms with Crippen molar-refractivity contribution in [3.05, 3.63) is 30.6 Å². The number of hydrogen-bond donors (Lipinski definition) is 1. The SMILES string of the molecule is [c]1cccnc1-c1c[nH]nn1. The Kier molecular flexibility index (Phi) is 1.37. The van der Waals surface area contributed by atoms with Gasteiger partial charge in [0.25, 0.3) is 0 Å². The summed E-state index contributed by atoms with van der Waals surface area (Å²) in [7, 11) is 0. The van der Waals surface area contributed by atoms with Crippen molar-refractivity contribution >= 4 is 0 Å². The molecule has 0 fully saturated rings. The third-order valence-electron chi connectivity index (χ3n) is 1.27. The highest BCUT2D eigenvalue weighted by Gasteiger charge is 1.98. The molecule has 0 aliphatic rings. The van der Waals surface area contributed by atoms with Crippen LogP contribution < -0.4 is 0 Å². The number of nitrogens with zero attached hydrogens (tertiary/aromatic N) is 3. The molecule has 4 heteroatoms. The highest BCUT2D eigenvalue weighted by atomic mass is 15.3. The minimum atomic E-state index is 0.709. The summed E-state index contributed by atoms with van der Waals surface area (Å²) in [6, 6.07) is 6.53. The normalized spacial score (nSPS) is 9.82. The molecule has 0 aromatic carbocycles. The molecule has 0 saturated heterocycles. The molecule has 0 spiro atoms. The second-order valence-electron chi connectivity index (χ2n) is 1.99. The number of hydrogen-bond acceptors (Lipinski definition) is 3. The fraction of sp³-hybridized carbons (Fsp3) is 0. The summed E-state index contributed by atoms with van der Waals surface area (Å²) < 4.78 is 0. The van der Waals surface area contributed by atoms with E-state index >= 15 is 0 Å². The molecule has 2 aromatic heterocycles. The molecule has 2 heterocycles. The van der Waals surface area contributed by atoms with Crippen molar-refractivity contribution in [2.75, 3.05) is 0 Å². The first kappa shape index (κ1) is 6.03. The zero-order valence-corrected chi connectivity index (χ0v) is 5.65. The third-order valence-corrected chi connectivity index (χ3v) is 1.27. The van der Waals surface area contributed by atoms with Crippen molar-refractivity contribution in [3.8, 4) is 11.4 Å². The summed E-state index contributed by atoms with van der Waals surface area (Å²) in [6.07, 6.45) is 3.37. The largest absolute Gasteiger partial charge is 0.265 e. The minimum absolute atomic E-state index is 0.709. The van der Waals surface area contributed by atoms with Crippen LogP contribution in [0.5, 0.6) is 0 Å². The van der Waals surface area contributed by atoms with Crippen molar-refractivity contribution in [1.29, 1.82) is 0 Å². The van der Waals surface area contributed by atoms with Crippen molar-refractivity contribution in [1.82, 2.24) is 20.4 Å². The van der Waals surface area contributed by atoms with Crippen LogP contribution in [0, 0.1) is 6.07 Å². The van der Waals surface area contributed by atoms with E-state index in [4.69, 9.17) is 0 Å². The summed E-state index contributed by atoms with van der Waals surface area (Å²) in [5.41, 5.74) is 1.42. The third kappa shape index (κ3) is 1.10. The molecular weight excluding hydrogens is 140 g/mol. The van der Waals surface area contributed by atoms with E-state index < -0.39 is 0 Å². The van der Waals surface area contributed by atoms with Gasteiger partial charge in [0.15, 0.2) is 0 Å².